The van der Waals surface area contributed by atoms with Crippen LogP contribution in [0.3, 0.4) is 0 Å². The Balaban J connectivity index is 1.62. The third-order valence-electron chi connectivity index (χ3n) is 6.81. The van der Waals surface area contributed by atoms with Crippen LogP contribution in [-0.4, -0.2) is 39.3 Å². The van der Waals surface area contributed by atoms with E-state index < -0.39 is 11.9 Å². The van der Waals surface area contributed by atoms with Gasteiger partial charge in [0.2, 0.25) is 0 Å². The molecule has 224 valence electrons. The summed E-state index contributed by atoms with van der Waals surface area (Å²) in [5.74, 6) is -0.610. The molecule has 0 amide bonds. The maximum atomic E-state index is 13.1. The highest BCUT2D eigenvalue weighted by molar-refractivity contribution is 6.11. The Morgan fingerprint density at radius 2 is 1.04 bits per heavy atom. The molecule has 0 fully saturated rings. The van der Waals surface area contributed by atoms with Gasteiger partial charge >= 0.3 is 11.9 Å². The number of anilines is 3. The van der Waals surface area contributed by atoms with Crippen molar-refractivity contribution in [2.45, 2.75) is 27.7 Å². The number of hydrogen-bond donors (Lipinski definition) is 0. The van der Waals surface area contributed by atoms with Crippen molar-refractivity contribution in [1.82, 2.24) is 10.2 Å². The molecule has 0 aliphatic carbocycles. The van der Waals surface area contributed by atoms with Crippen LogP contribution in [-0.2, 0) is 19.3 Å². The van der Waals surface area contributed by atoms with Crippen molar-refractivity contribution in [3.63, 3.8) is 0 Å². The van der Waals surface area contributed by atoms with Gasteiger partial charge in [-0.2, -0.15) is 0 Å². The van der Waals surface area contributed by atoms with E-state index in [4.69, 9.17) is 9.68 Å². The number of nitrogens with zero attached hydrogens (tertiary/aromatic N) is 5. The van der Waals surface area contributed by atoms with Crippen LogP contribution in [0.2, 0.25) is 0 Å². The lowest BCUT2D eigenvalue weighted by atomic mass is 10.0. The van der Waals surface area contributed by atoms with Gasteiger partial charge in [-0.05, 0) is 55.8 Å². The standard InChI is InChI=1S/C35H29N5O5/c1-22(38-44-24(3)41)26-14-18-29(19-15-26)40(30-20-16-28(17-21-30)34(43)27-10-6-5-7-11-27)35-32-13-9-8-12-31(32)33(36-37-35)23(2)39-45-25(4)42/h5-21H,1-4H3/b38-22-,39-23-. The third kappa shape index (κ3) is 6.97. The smallest absolute Gasteiger partial charge is 0.318 e. The van der Waals surface area contributed by atoms with Gasteiger partial charge in [-0.15, -0.1) is 10.2 Å². The summed E-state index contributed by atoms with van der Waals surface area (Å²) in [6.45, 7) is 6.00. The molecule has 4 aromatic carbocycles. The zero-order valence-electron chi connectivity index (χ0n) is 25.1. The van der Waals surface area contributed by atoms with Gasteiger partial charge in [-0.1, -0.05) is 77.0 Å². The van der Waals surface area contributed by atoms with Crippen molar-refractivity contribution in [3.05, 3.63) is 126 Å². The number of carbonyl (C=O) groups is 3. The maximum absolute atomic E-state index is 13.1. The van der Waals surface area contributed by atoms with Gasteiger partial charge in [0.15, 0.2) is 11.6 Å². The average Bonchev–Trinajstić information content (AvgIpc) is 3.07. The SMILES string of the molecule is CC(=O)O/N=C(/C)c1ccc(N(c2ccc(C(=O)c3ccccc3)cc2)c2nnc(/C(C)=N\OC(C)=O)c3ccccc23)cc1. The lowest BCUT2D eigenvalue weighted by Crippen LogP contribution is -2.15. The summed E-state index contributed by atoms with van der Waals surface area (Å²) in [4.78, 5) is 47.3. The van der Waals surface area contributed by atoms with Crippen molar-refractivity contribution in [2.75, 3.05) is 4.90 Å². The number of fused-ring (bicyclic) bond motifs is 1. The van der Waals surface area contributed by atoms with Crippen LogP contribution >= 0.6 is 0 Å². The number of benzene rings is 4. The molecule has 1 aromatic heterocycles. The lowest BCUT2D eigenvalue weighted by molar-refractivity contribution is -0.141. The first kappa shape index (κ1) is 30.4. The molecule has 0 aliphatic heterocycles. The number of rotatable bonds is 9. The van der Waals surface area contributed by atoms with Crippen molar-refractivity contribution in [3.8, 4) is 0 Å². The first-order valence-electron chi connectivity index (χ1n) is 14.0. The summed E-state index contributed by atoms with van der Waals surface area (Å²) in [5, 5.41) is 18.4. The molecule has 0 bridgehead atoms. The number of carbonyl (C=O) groups excluding carboxylic acids is 3. The molecule has 5 rings (SSSR count). The monoisotopic (exact) mass is 599 g/mol. The number of oxime groups is 2. The van der Waals surface area contributed by atoms with E-state index in [-0.39, 0.29) is 5.78 Å². The number of hydrogen-bond acceptors (Lipinski definition) is 10. The Kier molecular flexibility index (Phi) is 9.14. The fourth-order valence-corrected chi connectivity index (χ4v) is 4.65. The van der Waals surface area contributed by atoms with Crippen LogP contribution in [0, 0.1) is 0 Å². The zero-order valence-corrected chi connectivity index (χ0v) is 25.1. The topological polar surface area (TPSA) is 123 Å². The molecule has 10 nitrogen and oxygen atoms in total. The van der Waals surface area contributed by atoms with E-state index in [1.54, 1.807) is 38.1 Å². The molecule has 10 heteroatoms. The summed E-state index contributed by atoms with van der Waals surface area (Å²) in [7, 11) is 0. The highest BCUT2D eigenvalue weighted by Crippen LogP contribution is 2.38. The molecule has 0 saturated heterocycles. The van der Waals surface area contributed by atoms with E-state index in [2.05, 4.69) is 20.5 Å². The van der Waals surface area contributed by atoms with E-state index in [9.17, 15) is 14.4 Å². The number of ketones is 1. The number of aromatic nitrogens is 2. The Morgan fingerprint density at radius 1 is 0.556 bits per heavy atom. The van der Waals surface area contributed by atoms with Gasteiger partial charge in [0.05, 0.1) is 5.71 Å². The molecule has 45 heavy (non-hydrogen) atoms. The van der Waals surface area contributed by atoms with Gasteiger partial charge in [0, 0.05) is 47.1 Å². The predicted molar refractivity (Wildman–Crippen MR) is 172 cm³/mol. The third-order valence-corrected chi connectivity index (χ3v) is 6.81. The van der Waals surface area contributed by atoms with Gasteiger partial charge in [-0.25, -0.2) is 9.59 Å². The molecule has 5 aromatic rings. The molecule has 0 aliphatic rings. The molecule has 0 spiro atoms. The Labute approximate surface area is 259 Å². The Morgan fingerprint density at radius 3 is 1.62 bits per heavy atom. The van der Waals surface area contributed by atoms with Crippen LogP contribution in [0.15, 0.2) is 113 Å². The Hall–Kier alpha value is -6.03. The van der Waals surface area contributed by atoms with Crippen molar-refractivity contribution in [2.24, 2.45) is 10.3 Å². The van der Waals surface area contributed by atoms with Crippen molar-refractivity contribution >= 4 is 57.1 Å². The highest BCUT2D eigenvalue weighted by Gasteiger charge is 2.21. The van der Waals surface area contributed by atoms with Crippen LogP contribution in [0.4, 0.5) is 17.2 Å². The molecule has 0 atom stereocenters. The van der Waals surface area contributed by atoms with Crippen LogP contribution in [0.1, 0.15) is 54.9 Å². The summed E-state index contributed by atoms with van der Waals surface area (Å²) in [5.41, 5.74) is 4.77. The second-order valence-corrected chi connectivity index (χ2v) is 10.1. The molecule has 0 unspecified atom stereocenters. The summed E-state index contributed by atoms with van der Waals surface area (Å²) in [6.07, 6.45) is 0. The second kappa shape index (κ2) is 13.5. The largest absolute Gasteiger partial charge is 0.331 e. The van der Waals surface area contributed by atoms with Crippen LogP contribution in [0.25, 0.3) is 10.8 Å². The van der Waals surface area contributed by atoms with E-state index in [1.165, 1.54) is 13.8 Å². The van der Waals surface area contributed by atoms with Gasteiger partial charge in [-0.3, -0.25) is 9.69 Å². The predicted octanol–water partition coefficient (Wildman–Crippen LogP) is 6.90. The minimum absolute atomic E-state index is 0.0854. The highest BCUT2D eigenvalue weighted by atomic mass is 16.7. The van der Waals surface area contributed by atoms with Crippen LogP contribution in [0.5, 0.6) is 0 Å². The zero-order chi connectivity index (χ0) is 31.9. The second-order valence-electron chi connectivity index (χ2n) is 10.1. The fraction of sp³-hybridized carbons (Fsp3) is 0.114. The molecule has 0 radical (unpaired) electrons. The van der Waals surface area contributed by atoms with Crippen molar-refractivity contribution < 1.29 is 24.1 Å². The molecular weight excluding hydrogens is 570 g/mol. The van der Waals surface area contributed by atoms with Gasteiger partial charge in [0.25, 0.3) is 0 Å². The van der Waals surface area contributed by atoms with Gasteiger partial charge in [0.1, 0.15) is 11.4 Å². The van der Waals surface area contributed by atoms with Crippen molar-refractivity contribution in [1.29, 1.82) is 0 Å². The average molecular weight is 600 g/mol. The van der Waals surface area contributed by atoms with E-state index in [0.717, 1.165) is 27.7 Å². The minimum atomic E-state index is -0.541. The normalized spacial score (nSPS) is 11.6. The summed E-state index contributed by atoms with van der Waals surface area (Å²) >= 11 is 0. The first-order chi connectivity index (χ1) is 21.7. The van der Waals surface area contributed by atoms with E-state index in [1.807, 2.05) is 83.8 Å². The van der Waals surface area contributed by atoms with Crippen LogP contribution < -0.4 is 4.90 Å². The molecule has 1 heterocycles. The maximum Gasteiger partial charge on any atom is 0.331 e. The van der Waals surface area contributed by atoms with E-state index in [0.29, 0.717) is 34.1 Å². The summed E-state index contributed by atoms with van der Waals surface area (Å²) in [6, 6.07) is 31.5. The first-order valence-corrected chi connectivity index (χ1v) is 14.0. The summed E-state index contributed by atoms with van der Waals surface area (Å²) < 4.78 is 0. The molecular formula is C35H29N5O5. The van der Waals surface area contributed by atoms with Gasteiger partial charge < -0.3 is 9.68 Å². The minimum Gasteiger partial charge on any atom is -0.318 e. The molecule has 0 N–H and O–H groups in total. The lowest BCUT2D eigenvalue weighted by Gasteiger charge is -2.26. The quantitative estimate of drug-likeness (QED) is 0.0775. The Bertz CT molecular complexity index is 1940. The fourth-order valence-electron chi connectivity index (χ4n) is 4.65. The molecule has 0 saturated carbocycles. The van der Waals surface area contributed by atoms with E-state index >= 15 is 0 Å².